The number of nitrogens with zero attached hydrogens (tertiary/aromatic N) is 2. The third-order valence-electron chi connectivity index (χ3n) is 1.30. The summed E-state index contributed by atoms with van der Waals surface area (Å²) in [4.78, 5) is 11.1. The summed E-state index contributed by atoms with van der Waals surface area (Å²) in [6.45, 7) is 1.60. The van der Waals surface area contributed by atoms with Gasteiger partial charge in [-0.3, -0.25) is 4.79 Å². The van der Waals surface area contributed by atoms with Crippen LogP contribution < -0.4 is 5.32 Å². The minimum absolute atomic E-state index is 0.0937. The van der Waals surface area contributed by atoms with Gasteiger partial charge >= 0.3 is 0 Å². The van der Waals surface area contributed by atoms with Crippen molar-refractivity contribution in [2.45, 2.75) is 13.0 Å². The molecule has 0 spiro atoms. The molecule has 1 atom stereocenters. The second kappa shape index (κ2) is 3.82. The maximum Gasteiger partial charge on any atom is 0.273 e. The van der Waals surface area contributed by atoms with Gasteiger partial charge in [0.05, 0.1) is 12.8 Å². The van der Waals surface area contributed by atoms with E-state index in [0.717, 1.165) is 0 Å². The van der Waals surface area contributed by atoms with Crippen LogP contribution in [0.1, 0.15) is 17.4 Å². The van der Waals surface area contributed by atoms with Crippen LogP contribution in [-0.4, -0.2) is 39.1 Å². The van der Waals surface area contributed by atoms with Crippen molar-refractivity contribution in [2.24, 2.45) is 0 Å². The van der Waals surface area contributed by atoms with E-state index in [1.807, 2.05) is 0 Å². The highest BCUT2D eigenvalue weighted by atomic mass is 16.3. The Balaban J connectivity index is 2.50. The monoisotopic (exact) mass is 170 g/mol. The molecule has 0 fully saturated rings. The lowest BCUT2D eigenvalue weighted by molar-refractivity contribution is 0.0917. The number of carbonyl (C=O) groups is 1. The van der Waals surface area contributed by atoms with Gasteiger partial charge < -0.3 is 10.4 Å². The fraction of sp³-hybridized carbons (Fsp3) is 0.500. The van der Waals surface area contributed by atoms with Gasteiger partial charge in [-0.25, -0.2) is 0 Å². The molecule has 1 aromatic rings. The summed E-state index contributed by atoms with van der Waals surface area (Å²) < 4.78 is 0. The smallest absolute Gasteiger partial charge is 0.273 e. The van der Waals surface area contributed by atoms with Crippen LogP contribution in [0, 0.1) is 0 Å². The Bertz CT molecular complexity index is 246. The van der Waals surface area contributed by atoms with Crippen molar-refractivity contribution >= 4 is 5.91 Å². The lowest BCUT2D eigenvalue weighted by atomic mass is 10.3. The third kappa shape index (κ3) is 2.03. The van der Waals surface area contributed by atoms with Gasteiger partial charge in [0.1, 0.15) is 0 Å². The molecule has 66 valence electrons. The number of aliphatic hydroxyl groups excluding tert-OH is 1. The molecular formula is C6H10N4O2. The minimum atomic E-state index is -0.342. The molecule has 0 saturated heterocycles. The van der Waals surface area contributed by atoms with Crippen molar-refractivity contribution < 1.29 is 9.90 Å². The van der Waals surface area contributed by atoms with E-state index in [2.05, 4.69) is 20.7 Å². The van der Waals surface area contributed by atoms with E-state index in [1.54, 1.807) is 6.92 Å². The van der Waals surface area contributed by atoms with E-state index in [9.17, 15) is 4.79 Å². The largest absolute Gasteiger partial charge is 0.394 e. The third-order valence-corrected chi connectivity index (χ3v) is 1.30. The van der Waals surface area contributed by atoms with Crippen molar-refractivity contribution in [2.75, 3.05) is 6.61 Å². The van der Waals surface area contributed by atoms with Crippen molar-refractivity contribution in [3.05, 3.63) is 11.9 Å². The molecule has 6 nitrogen and oxygen atoms in total. The van der Waals surface area contributed by atoms with Gasteiger partial charge in [0.25, 0.3) is 5.91 Å². The number of nitrogens with one attached hydrogen (secondary N) is 2. The zero-order valence-electron chi connectivity index (χ0n) is 6.61. The highest BCUT2D eigenvalue weighted by Gasteiger charge is 2.10. The van der Waals surface area contributed by atoms with Crippen LogP contribution in [0.25, 0.3) is 0 Å². The average molecular weight is 170 g/mol. The summed E-state index contributed by atoms with van der Waals surface area (Å²) in [6.07, 6.45) is 1.32. The molecule has 1 rings (SSSR count). The van der Waals surface area contributed by atoms with Gasteiger partial charge in [-0.05, 0) is 6.92 Å². The fourth-order valence-corrected chi connectivity index (χ4v) is 0.654. The Hall–Kier alpha value is -1.43. The molecule has 0 radical (unpaired) electrons. The topological polar surface area (TPSA) is 90.9 Å². The van der Waals surface area contributed by atoms with Gasteiger partial charge in [-0.15, -0.1) is 0 Å². The number of aromatic nitrogens is 3. The van der Waals surface area contributed by atoms with Crippen molar-refractivity contribution in [3.63, 3.8) is 0 Å². The number of carbonyl (C=O) groups excluding carboxylic acids is 1. The van der Waals surface area contributed by atoms with E-state index in [4.69, 9.17) is 5.11 Å². The number of aliphatic hydroxyl groups is 1. The van der Waals surface area contributed by atoms with E-state index < -0.39 is 0 Å². The first-order valence-corrected chi connectivity index (χ1v) is 3.51. The van der Waals surface area contributed by atoms with Crippen molar-refractivity contribution in [1.82, 2.24) is 20.7 Å². The van der Waals surface area contributed by atoms with Gasteiger partial charge in [0.15, 0.2) is 5.69 Å². The van der Waals surface area contributed by atoms with Crippen LogP contribution >= 0.6 is 0 Å². The molecule has 1 aromatic heterocycles. The van der Waals surface area contributed by atoms with Crippen molar-refractivity contribution in [3.8, 4) is 0 Å². The molecule has 1 amide bonds. The number of hydrogen-bond acceptors (Lipinski definition) is 4. The van der Waals surface area contributed by atoms with Crippen molar-refractivity contribution in [1.29, 1.82) is 0 Å². The van der Waals surface area contributed by atoms with E-state index in [-0.39, 0.29) is 24.2 Å². The maximum atomic E-state index is 11.1. The first-order chi connectivity index (χ1) is 5.74. The second-order valence-corrected chi connectivity index (χ2v) is 2.41. The molecule has 3 N–H and O–H groups in total. The van der Waals surface area contributed by atoms with Crippen LogP contribution in [0.2, 0.25) is 0 Å². The average Bonchev–Trinajstić information content (AvgIpc) is 2.56. The quantitative estimate of drug-likeness (QED) is 0.538. The van der Waals surface area contributed by atoms with E-state index in [1.165, 1.54) is 6.20 Å². The Morgan fingerprint density at radius 2 is 2.67 bits per heavy atom. The number of H-pyrrole nitrogens is 1. The number of hydrogen-bond donors (Lipinski definition) is 3. The first kappa shape index (κ1) is 8.66. The fourth-order valence-electron chi connectivity index (χ4n) is 0.654. The van der Waals surface area contributed by atoms with E-state index in [0.29, 0.717) is 0 Å². The van der Waals surface area contributed by atoms with Gasteiger partial charge in [-0.2, -0.15) is 15.4 Å². The zero-order valence-corrected chi connectivity index (χ0v) is 6.61. The normalized spacial score (nSPS) is 12.5. The Morgan fingerprint density at radius 1 is 1.92 bits per heavy atom. The van der Waals surface area contributed by atoms with Gasteiger partial charge in [0.2, 0.25) is 0 Å². The molecule has 0 saturated carbocycles. The molecule has 0 aromatic carbocycles. The lowest BCUT2D eigenvalue weighted by Gasteiger charge is -2.07. The molecule has 0 aliphatic heterocycles. The molecule has 0 bridgehead atoms. The summed E-state index contributed by atoms with van der Waals surface area (Å²) in [7, 11) is 0. The summed E-state index contributed by atoms with van der Waals surface area (Å²) in [5.74, 6) is -0.342. The Kier molecular flexibility index (Phi) is 2.76. The lowest BCUT2D eigenvalue weighted by Crippen LogP contribution is -2.35. The highest BCUT2D eigenvalue weighted by Crippen LogP contribution is 1.89. The first-order valence-electron chi connectivity index (χ1n) is 3.51. The Morgan fingerprint density at radius 3 is 3.17 bits per heavy atom. The van der Waals surface area contributed by atoms with Crippen LogP contribution in [0.4, 0.5) is 0 Å². The summed E-state index contributed by atoms with van der Waals surface area (Å²) in [6, 6.07) is -0.269. The number of amides is 1. The molecule has 12 heavy (non-hydrogen) atoms. The maximum absolute atomic E-state index is 11.1. The van der Waals surface area contributed by atoms with Crippen LogP contribution in [0.5, 0.6) is 0 Å². The summed E-state index contributed by atoms with van der Waals surface area (Å²) in [5, 5.41) is 20.5. The SMILES string of the molecule is C[C@H](CO)NC(=O)c1cn[nH]n1. The zero-order chi connectivity index (χ0) is 8.97. The summed E-state index contributed by atoms with van der Waals surface area (Å²) >= 11 is 0. The molecule has 1 heterocycles. The van der Waals surface area contributed by atoms with E-state index >= 15 is 0 Å². The highest BCUT2D eigenvalue weighted by molar-refractivity contribution is 5.91. The Labute approximate surface area is 69.0 Å². The molecule has 0 aliphatic carbocycles. The second-order valence-electron chi connectivity index (χ2n) is 2.41. The minimum Gasteiger partial charge on any atom is -0.394 e. The van der Waals surface area contributed by atoms with Gasteiger partial charge in [-0.1, -0.05) is 0 Å². The predicted octanol–water partition coefficient (Wildman–Crippen LogP) is -1.08. The van der Waals surface area contributed by atoms with Crippen LogP contribution in [-0.2, 0) is 0 Å². The predicted molar refractivity (Wildman–Crippen MR) is 40.4 cm³/mol. The van der Waals surface area contributed by atoms with Crippen LogP contribution in [0.15, 0.2) is 6.20 Å². The van der Waals surface area contributed by atoms with Gasteiger partial charge in [0, 0.05) is 6.04 Å². The summed E-state index contributed by atoms with van der Waals surface area (Å²) in [5.41, 5.74) is 0.218. The molecule has 0 aliphatic rings. The molecule has 6 heteroatoms. The number of aromatic amines is 1. The number of rotatable bonds is 3. The molecule has 0 unspecified atom stereocenters. The molecular weight excluding hydrogens is 160 g/mol. The van der Waals surface area contributed by atoms with Crippen LogP contribution in [0.3, 0.4) is 0 Å². The standard InChI is InChI=1S/C6H10N4O2/c1-4(3-11)8-6(12)5-2-7-10-9-5/h2,4,11H,3H2,1H3,(H,8,12)(H,7,9,10)/t4-/m1/s1.